The molecule has 6 nitrogen and oxygen atoms in total. The summed E-state index contributed by atoms with van der Waals surface area (Å²) < 4.78 is 2.56. The van der Waals surface area contributed by atoms with Crippen molar-refractivity contribution in [2.75, 3.05) is 13.1 Å². The van der Waals surface area contributed by atoms with Crippen molar-refractivity contribution >= 4 is 27.7 Å². The second-order valence-electron chi connectivity index (χ2n) is 5.98. The maximum atomic E-state index is 13.0. The first-order valence-corrected chi connectivity index (χ1v) is 8.77. The molecule has 1 aliphatic rings. The van der Waals surface area contributed by atoms with E-state index in [0.717, 1.165) is 10.2 Å². The maximum Gasteiger partial charge on any atom is 0.272 e. The normalized spacial score (nSPS) is 15.0. The molecule has 2 aromatic rings. The van der Waals surface area contributed by atoms with E-state index in [0.29, 0.717) is 37.2 Å². The quantitative estimate of drug-likeness (QED) is 0.857. The number of rotatable bonds is 3. The largest absolute Gasteiger partial charge is 0.369 e. The van der Waals surface area contributed by atoms with Crippen molar-refractivity contribution in [1.29, 1.82) is 5.26 Å². The molecule has 0 saturated carbocycles. The van der Waals surface area contributed by atoms with Gasteiger partial charge in [-0.25, -0.2) is 0 Å². The van der Waals surface area contributed by atoms with Gasteiger partial charge in [0.1, 0.15) is 11.8 Å². The highest BCUT2D eigenvalue weighted by molar-refractivity contribution is 9.10. The second kappa shape index (κ2) is 7.11. The Bertz CT molecular complexity index is 860. The monoisotopic (exact) mass is 400 g/mol. The molecule has 25 heavy (non-hydrogen) atoms. The van der Waals surface area contributed by atoms with E-state index in [2.05, 4.69) is 22.0 Å². The number of nitriles is 1. The van der Waals surface area contributed by atoms with Crippen LogP contribution in [0.15, 0.2) is 41.0 Å². The van der Waals surface area contributed by atoms with Crippen LogP contribution in [0.25, 0.3) is 5.69 Å². The van der Waals surface area contributed by atoms with Crippen molar-refractivity contribution in [2.45, 2.75) is 12.8 Å². The van der Waals surface area contributed by atoms with Crippen molar-refractivity contribution in [3.8, 4) is 11.8 Å². The van der Waals surface area contributed by atoms with Crippen molar-refractivity contribution in [3.05, 3.63) is 52.3 Å². The standard InChI is InChI=1S/C18H17BrN4O2/c19-14-3-1-2-4-15(14)23-10-7-13(11-20)16(23)18(25)22-8-5-12(6-9-22)17(21)24/h1-4,7,10,12H,5-6,8-9H2,(H2,21,24). The van der Waals surface area contributed by atoms with E-state index >= 15 is 0 Å². The second-order valence-corrected chi connectivity index (χ2v) is 6.83. The van der Waals surface area contributed by atoms with Crippen molar-refractivity contribution < 1.29 is 9.59 Å². The number of hydrogen-bond acceptors (Lipinski definition) is 3. The molecular weight excluding hydrogens is 384 g/mol. The molecule has 0 aliphatic carbocycles. The van der Waals surface area contributed by atoms with Gasteiger partial charge in [0.2, 0.25) is 5.91 Å². The van der Waals surface area contributed by atoms with Crippen LogP contribution < -0.4 is 5.73 Å². The number of aromatic nitrogens is 1. The van der Waals surface area contributed by atoms with Crippen molar-refractivity contribution in [2.24, 2.45) is 11.7 Å². The SMILES string of the molecule is N#Cc1ccn(-c2ccccc2Br)c1C(=O)N1CCC(C(N)=O)CC1. The summed E-state index contributed by atoms with van der Waals surface area (Å²) in [5.74, 6) is -0.712. The third-order valence-electron chi connectivity index (χ3n) is 4.51. The molecule has 128 valence electrons. The molecule has 0 radical (unpaired) electrons. The van der Waals surface area contributed by atoms with Gasteiger partial charge >= 0.3 is 0 Å². The minimum atomic E-state index is -0.318. The van der Waals surface area contributed by atoms with E-state index in [1.54, 1.807) is 21.7 Å². The summed E-state index contributed by atoms with van der Waals surface area (Å²) in [5.41, 5.74) is 6.81. The van der Waals surface area contributed by atoms with Gasteiger partial charge in [0.15, 0.2) is 0 Å². The number of nitrogens with zero attached hydrogens (tertiary/aromatic N) is 3. The molecule has 2 amide bonds. The number of amides is 2. The number of para-hydroxylation sites is 1. The Kier molecular flexibility index (Phi) is 4.91. The number of carbonyl (C=O) groups excluding carboxylic acids is 2. The van der Waals surface area contributed by atoms with Gasteiger partial charge < -0.3 is 15.2 Å². The number of nitrogens with two attached hydrogens (primary N) is 1. The molecule has 7 heteroatoms. The summed E-state index contributed by atoms with van der Waals surface area (Å²) in [4.78, 5) is 26.0. The van der Waals surface area contributed by atoms with Gasteiger partial charge in [0.05, 0.1) is 11.3 Å². The minimum absolute atomic E-state index is 0.186. The molecule has 3 rings (SSSR count). The Morgan fingerprint density at radius 2 is 1.88 bits per heavy atom. The molecule has 1 saturated heterocycles. The van der Waals surface area contributed by atoms with Crippen LogP contribution in [0.3, 0.4) is 0 Å². The lowest BCUT2D eigenvalue weighted by Gasteiger charge is -2.31. The molecule has 1 aliphatic heterocycles. The maximum absolute atomic E-state index is 13.0. The van der Waals surface area contributed by atoms with E-state index in [1.165, 1.54) is 0 Å². The molecule has 0 atom stereocenters. The first-order valence-electron chi connectivity index (χ1n) is 7.98. The van der Waals surface area contributed by atoms with E-state index < -0.39 is 0 Å². The van der Waals surface area contributed by atoms with Gasteiger partial charge in [0.25, 0.3) is 5.91 Å². The number of halogens is 1. The molecular formula is C18H17BrN4O2. The number of piperidine rings is 1. The number of likely N-dealkylation sites (tertiary alicyclic amines) is 1. The van der Waals surface area contributed by atoms with Crippen LogP contribution >= 0.6 is 15.9 Å². The number of primary amides is 1. The number of hydrogen-bond donors (Lipinski definition) is 1. The molecule has 0 bridgehead atoms. The van der Waals surface area contributed by atoms with Crippen LogP contribution in [-0.2, 0) is 4.79 Å². The van der Waals surface area contributed by atoms with Gasteiger partial charge in [-0.15, -0.1) is 0 Å². The third-order valence-corrected chi connectivity index (χ3v) is 5.18. The van der Waals surface area contributed by atoms with Crippen LogP contribution in [0.1, 0.15) is 28.9 Å². The highest BCUT2D eigenvalue weighted by Gasteiger charge is 2.29. The lowest BCUT2D eigenvalue weighted by molar-refractivity contribution is -0.123. The zero-order valence-electron chi connectivity index (χ0n) is 13.5. The van der Waals surface area contributed by atoms with Crippen molar-refractivity contribution in [3.63, 3.8) is 0 Å². The van der Waals surface area contributed by atoms with Gasteiger partial charge in [-0.05, 0) is 47.0 Å². The number of carbonyl (C=O) groups is 2. The van der Waals surface area contributed by atoms with Crippen LogP contribution in [0.2, 0.25) is 0 Å². The average molecular weight is 401 g/mol. The fourth-order valence-corrected chi connectivity index (χ4v) is 3.58. The Hall–Kier alpha value is -2.59. The highest BCUT2D eigenvalue weighted by Crippen LogP contribution is 2.26. The van der Waals surface area contributed by atoms with Gasteiger partial charge in [-0.1, -0.05) is 12.1 Å². The molecule has 1 aromatic carbocycles. The fourth-order valence-electron chi connectivity index (χ4n) is 3.11. The Balaban J connectivity index is 1.93. The highest BCUT2D eigenvalue weighted by atomic mass is 79.9. The molecule has 2 N–H and O–H groups in total. The smallest absolute Gasteiger partial charge is 0.272 e. The van der Waals surface area contributed by atoms with E-state index in [4.69, 9.17) is 5.73 Å². The van der Waals surface area contributed by atoms with Crippen molar-refractivity contribution in [1.82, 2.24) is 9.47 Å². The molecule has 0 spiro atoms. The van der Waals surface area contributed by atoms with Gasteiger partial charge in [0, 0.05) is 29.7 Å². The van der Waals surface area contributed by atoms with E-state index in [1.807, 2.05) is 24.3 Å². The van der Waals surface area contributed by atoms with Gasteiger partial charge in [-0.3, -0.25) is 9.59 Å². The molecule has 2 heterocycles. The summed E-state index contributed by atoms with van der Waals surface area (Å²) in [7, 11) is 0. The summed E-state index contributed by atoms with van der Waals surface area (Å²) in [5, 5.41) is 9.40. The zero-order valence-corrected chi connectivity index (χ0v) is 15.1. The summed E-state index contributed by atoms with van der Waals surface area (Å²) in [6, 6.07) is 11.3. The lowest BCUT2D eigenvalue weighted by Crippen LogP contribution is -2.42. The van der Waals surface area contributed by atoms with Crippen LogP contribution in [-0.4, -0.2) is 34.4 Å². The third kappa shape index (κ3) is 3.30. The van der Waals surface area contributed by atoms with Crippen LogP contribution in [0, 0.1) is 17.2 Å². The van der Waals surface area contributed by atoms with Crippen LogP contribution in [0.5, 0.6) is 0 Å². The first kappa shape index (κ1) is 17.2. The zero-order chi connectivity index (χ0) is 18.0. The first-order chi connectivity index (χ1) is 12.0. The topological polar surface area (TPSA) is 92.1 Å². The predicted molar refractivity (Wildman–Crippen MR) is 96.0 cm³/mol. The van der Waals surface area contributed by atoms with E-state index in [-0.39, 0.29) is 17.7 Å². The fraction of sp³-hybridized carbons (Fsp3) is 0.278. The minimum Gasteiger partial charge on any atom is -0.369 e. The Morgan fingerprint density at radius 1 is 1.20 bits per heavy atom. The molecule has 0 unspecified atom stereocenters. The average Bonchev–Trinajstić information content (AvgIpc) is 3.05. The number of benzene rings is 1. The molecule has 1 fully saturated rings. The predicted octanol–water partition coefficient (Wildman–Crippen LogP) is 2.45. The van der Waals surface area contributed by atoms with Crippen LogP contribution in [0.4, 0.5) is 0 Å². The van der Waals surface area contributed by atoms with E-state index in [9.17, 15) is 14.9 Å². The lowest BCUT2D eigenvalue weighted by atomic mass is 9.96. The Morgan fingerprint density at radius 3 is 2.48 bits per heavy atom. The Labute approximate surface area is 154 Å². The van der Waals surface area contributed by atoms with Gasteiger partial charge in [-0.2, -0.15) is 5.26 Å². The summed E-state index contributed by atoms with van der Waals surface area (Å²) >= 11 is 3.49. The summed E-state index contributed by atoms with van der Waals surface area (Å²) in [6.45, 7) is 0.914. The summed E-state index contributed by atoms with van der Waals surface area (Å²) in [6.07, 6.45) is 2.83. The molecule has 1 aromatic heterocycles.